The monoisotopic (exact) mass is 237 g/mol. The zero-order valence-electron chi connectivity index (χ0n) is 10.4. The number of aliphatic carboxylic acids is 1. The van der Waals surface area contributed by atoms with Crippen molar-refractivity contribution < 1.29 is 19.5 Å². The van der Waals surface area contributed by atoms with Gasteiger partial charge in [0.1, 0.15) is 18.9 Å². The number of quaternary nitrogens is 1. The topological polar surface area (TPSA) is 53.8 Å². The van der Waals surface area contributed by atoms with E-state index in [1.807, 2.05) is 18.2 Å². The van der Waals surface area contributed by atoms with Crippen LogP contribution in [0.25, 0.3) is 0 Å². The molecule has 0 aromatic heterocycles. The predicted molar refractivity (Wildman–Crippen MR) is 62.7 cm³/mol. The Labute approximate surface area is 102 Å². The molecule has 1 rings (SSSR count). The summed E-state index contributed by atoms with van der Waals surface area (Å²) in [5.74, 6) is -0.622. The maximum atomic E-state index is 10.3. The number of carboxylic acid groups (broad SMARTS) is 1. The fourth-order valence-corrected chi connectivity index (χ4v) is 1.68. The van der Waals surface area contributed by atoms with Crippen LogP contribution in [-0.4, -0.2) is 25.7 Å². The molecule has 4 nitrogen and oxygen atoms in total. The van der Waals surface area contributed by atoms with E-state index in [1.165, 1.54) is 4.90 Å². The van der Waals surface area contributed by atoms with Gasteiger partial charge in [-0.25, -0.2) is 0 Å². The molecule has 0 unspecified atom stereocenters. The van der Waals surface area contributed by atoms with Crippen LogP contribution in [0.3, 0.4) is 0 Å². The molecule has 0 saturated heterocycles. The highest BCUT2D eigenvalue weighted by Crippen LogP contribution is 2.12. The van der Waals surface area contributed by atoms with Crippen molar-refractivity contribution in [3.63, 3.8) is 0 Å². The number of nitrogens with one attached hydrogen (secondary N) is 1. The molecule has 1 aromatic carbocycles. The molecule has 0 aliphatic heterocycles. The highest BCUT2D eigenvalue weighted by molar-refractivity contribution is 5.66. The summed E-state index contributed by atoms with van der Waals surface area (Å²) in [6, 6.07) is 7.54. The molecular formula is C13H19NO3. The molecule has 4 heteroatoms. The van der Waals surface area contributed by atoms with E-state index >= 15 is 0 Å². The summed E-state index contributed by atoms with van der Waals surface area (Å²) in [5, 5.41) is 10.3. The van der Waals surface area contributed by atoms with Crippen molar-refractivity contribution in [2.75, 3.05) is 19.7 Å². The molecule has 0 radical (unpaired) electrons. The summed E-state index contributed by atoms with van der Waals surface area (Å²) >= 11 is 0. The zero-order valence-corrected chi connectivity index (χ0v) is 10.4. The maximum Gasteiger partial charge on any atom is 0.128 e. The van der Waals surface area contributed by atoms with E-state index in [4.69, 9.17) is 4.74 Å². The van der Waals surface area contributed by atoms with Crippen molar-refractivity contribution in [3.05, 3.63) is 29.8 Å². The molecule has 1 N–H and O–H groups in total. The van der Waals surface area contributed by atoms with Crippen molar-refractivity contribution >= 4 is 5.97 Å². The number of benzene rings is 1. The Bertz CT molecular complexity index is 361. The van der Waals surface area contributed by atoms with E-state index in [0.29, 0.717) is 5.75 Å². The lowest BCUT2D eigenvalue weighted by Crippen LogP contribution is -3.10. The van der Waals surface area contributed by atoms with Gasteiger partial charge in [0.25, 0.3) is 0 Å². The van der Waals surface area contributed by atoms with Gasteiger partial charge >= 0.3 is 0 Å². The molecule has 17 heavy (non-hydrogen) atoms. The van der Waals surface area contributed by atoms with Gasteiger partial charge in [-0.2, -0.15) is 0 Å². The number of carbonyl (C=O) groups excluding carboxylic acids is 1. The Morgan fingerprint density at radius 1 is 1.35 bits per heavy atom. The quantitative estimate of drug-likeness (QED) is 0.678. The molecule has 94 valence electrons. The Morgan fingerprint density at radius 3 is 2.65 bits per heavy atom. The summed E-state index contributed by atoms with van der Waals surface area (Å²) in [7, 11) is 0. The van der Waals surface area contributed by atoms with Crippen LogP contribution in [0.5, 0.6) is 5.75 Å². The van der Waals surface area contributed by atoms with Crippen molar-refractivity contribution in [3.8, 4) is 5.75 Å². The van der Waals surface area contributed by atoms with Crippen LogP contribution >= 0.6 is 0 Å². The molecule has 0 fully saturated rings. The van der Waals surface area contributed by atoms with Gasteiger partial charge in [0.2, 0.25) is 0 Å². The average Bonchev–Trinajstić information content (AvgIpc) is 2.34. The van der Waals surface area contributed by atoms with Gasteiger partial charge in [-0.3, -0.25) is 0 Å². The van der Waals surface area contributed by atoms with Crippen LogP contribution in [0.1, 0.15) is 19.4 Å². The lowest BCUT2D eigenvalue weighted by atomic mass is 10.2. The van der Waals surface area contributed by atoms with Gasteiger partial charge in [0.05, 0.1) is 19.1 Å². The molecule has 0 aliphatic rings. The maximum absolute atomic E-state index is 10.3. The van der Waals surface area contributed by atoms with Crippen LogP contribution in [0, 0.1) is 0 Å². The van der Waals surface area contributed by atoms with Crippen molar-refractivity contribution in [2.45, 2.75) is 20.4 Å². The molecule has 0 heterocycles. The van der Waals surface area contributed by atoms with Gasteiger partial charge in [-0.15, -0.1) is 0 Å². The average molecular weight is 237 g/mol. The summed E-state index contributed by atoms with van der Waals surface area (Å²) < 4.78 is 5.09. The van der Waals surface area contributed by atoms with E-state index < -0.39 is 12.6 Å². The summed E-state index contributed by atoms with van der Waals surface area (Å²) in [4.78, 5) is 11.8. The normalized spacial score (nSPS) is 10.5. The fraction of sp³-hybridized carbons (Fsp3) is 0.462. The lowest BCUT2D eigenvalue weighted by molar-refractivity contribution is -0.910. The van der Waals surface area contributed by atoms with Crippen molar-refractivity contribution in [1.29, 1.82) is 0 Å². The molecular weight excluding hydrogens is 218 g/mol. The van der Waals surface area contributed by atoms with E-state index in [1.54, 1.807) is 6.07 Å². The van der Waals surface area contributed by atoms with Gasteiger partial charge in [-0.05, 0) is 26.0 Å². The lowest BCUT2D eigenvalue weighted by Gasteiger charge is -2.16. The van der Waals surface area contributed by atoms with E-state index in [2.05, 4.69) is 13.8 Å². The summed E-state index contributed by atoms with van der Waals surface area (Å²) in [5.41, 5.74) is 1.15. The van der Waals surface area contributed by atoms with E-state index in [-0.39, 0.29) is 0 Å². The number of rotatable bonds is 7. The number of ether oxygens (including phenoxy) is 1. The third kappa shape index (κ3) is 4.87. The van der Waals surface area contributed by atoms with Crippen LogP contribution in [-0.2, 0) is 11.3 Å². The van der Waals surface area contributed by atoms with Gasteiger partial charge < -0.3 is 19.5 Å². The summed E-state index contributed by atoms with van der Waals surface area (Å²) in [6.45, 7) is 6.96. The number of carbonyl (C=O) groups is 1. The van der Waals surface area contributed by atoms with Gasteiger partial charge in [0, 0.05) is 5.56 Å². The second-order valence-corrected chi connectivity index (χ2v) is 3.94. The Morgan fingerprint density at radius 2 is 2.06 bits per heavy atom. The van der Waals surface area contributed by atoms with Crippen molar-refractivity contribution in [1.82, 2.24) is 0 Å². The van der Waals surface area contributed by atoms with Gasteiger partial charge in [0.15, 0.2) is 0 Å². The molecule has 0 saturated carbocycles. The van der Waals surface area contributed by atoms with E-state index in [0.717, 1.165) is 25.2 Å². The Hall–Kier alpha value is -1.55. The van der Waals surface area contributed by atoms with Gasteiger partial charge in [-0.1, -0.05) is 12.1 Å². The molecule has 0 spiro atoms. The standard InChI is InChI=1S/C13H19NO3/c1-3-14(4-2)9-11-6-5-7-12(8-11)17-10-13(15)16/h5-8H,3-4,9-10H2,1-2H3,(H,15,16). The predicted octanol–water partition coefficient (Wildman–Crippen LogP) is -0.760. The molecule has 0 atom stereocenters. The first-order chi connectivity index (χ1) is 8.15. The first-order valence-electron chi connectivity index (χ1n) is 5.90. The first-order valence-corrected chi connectivity index (χ1v) is 5.90. The number of carboxylic acids is 1. The summed E-state index contributed by atoms with van der Waals surface area (Å²) in [6.07, 6.45) is 0. The Kier molecular flexibility index (Phi) is 5.49. The van der Waals surface area contributed by atoms with Crippen molar-refractivity contribution in [2.24, 2.45) is 0 Å². The van der Waals surface area contributed by atoms with Crippen LogP contribution in [0.15, 0.2) is 24.3 Å². The third-order valence-corrected chi connectivity index (χ3v) is 2.71. The SMILES string of the molecule is CC[NH+](CC)Cc1cccc(OCC(=O)[O-])c1. The third-order valence-electron chi connectivity index (χ3n) is 2.71. The Balaban J connectivity index is 2.61. The number of hydrogen-bond acceptors (Lipinski definition) is 3. The first kappa shape index (κ1) is 13.5. The minimum Gasteiger partial charge on any atom is -0.546 e. The van der Waals surface area contributed by atoms with Crippen LogP contribution in [0.2, 0.25) is 0 Å². The molecule has 0 aliphatic carbocycles. The minimum absolute atomic E-state index is 0.401. The van der Waals surface area contributed by atoms with Crippen LogP contribution in [0.4, 0.5) is 0 Å². The number of hydrogen-bond donors (Lipinski definition) is 1. The molecule has 1 aromatic rings. The molecule has 0 bridgehead atoms. The zero-order chi connectivity index (χ0) is 12.7. The largest absolute Gasteiger partial charge is 0.546 e. The second-order valence-electron chi connectivity index (χ2n) is 3.94. The highest BCUT2D eigenvalue weighted by Gasteiger charge is 2.05. The highest BCUT2D eigenvalue weighted by atomic mass is 16.5. The molecule has 0 amide bonds. The minimum atomic E-state index is -1.20. The smallest absolute Gasteiger partial charge is 0.128 e. The van der Waals surface area contributed by atoms with Crippen LogP contribution < -0.4 is 14.7 Å². The second kappa shape index (κ2) is 6.91. The van der Waals surface area contributed by atoms with E-state index in [9.17, 15) is 9.90 Å². The fourth-order valence-electron chi connectivity index (χ4n) is 1.68.